The van der Waals surface area contributed by atoms with Crippen molar-refractivity contribution in [2.75, 3.05) is 12.9 Å². The van der Waals surface area contributed by atoms with Crippen molar-refractivity contribution in [2.45, 2.75) is 24.4 Å². The van der Waals surface area contributed by atoms with Crippen molar-refractivity contribution >= 4 is 17.7 Å². The number of nitrogens with two attached hydrogens (primary N) is 1. The number of carbonyl (C=O) groups excluding carboxylic acids is 1. The molecule has 3 nitrogen and oxygen atoms in total. The van der Waals surface area contributed by atoms with Gasteiger partial charge in [-0.25, -0.2) is 0 Å². The van der Waals surface area contributed by atoms with Crippen molar-refractivity contribution in [1.29, 1.82) is 0 Å². The molecule has 0 radical (unpaired) electrons. The highest BCUT2D eigenvalue weighted by atomic mass is 32.2. The minimum absolute atomic E-state index is 0.226. The summed E-state index contributed by atoms with van der Waals surface area (Å²) in [5.74, 6) is 0.202. The summed E-state index contributed by atoms with van der Waals surface area (Å²) in [5.41, 5.74) is 5.15. The second-order valence-corrected chi connectivity index (χ2v) is 5.23. The second kappa shape index (κ2) is 7.54. The fraction of sp³-hybridized carbons (Fsp3) is 0.462. The average Bonchev–Trinajstić information content (AvgIpc) is 2.41. The monoisotopic (exact) mass is 307 g/mol. The minimum atomic E-state index is -4.35. The van der Waals surface area contributed by atoms with Gasteiger partial charge in [0.1, 0.15) is 6.04 Å². The second-order valence-electron chi connectivity index (χ2n) is 4.13. The predicted molar refractivity (Wildman–Crippen MR) is 72.2 cm³/mol. The first-order valence-electron chi connectivity index (χ1n) is 5.92. The van der Waals surface area contributed by atoms with E-state index in [1.54, 1.807) is 6.07 Å². The SMILES string of the molecule is COC(=O)C(N)CCSCc1ccccc1C(F)(F)F. The summed E-state index contributed by atoms with van der Waals surface area (Å²) in [7, 11) is 1.24. The lowest BCUT2D eigenvalue weighted by molar-refractivity contribution is -0.142. The highest BCUT2D eigenvalue weighted by Crippen LogP contribution is 2.33. The molecule has 20 heavy (non-hydrogen) atoms. The number of ether oxygens (including phenoxy) is 1. The number of methoxy groups -OCH3 is 1. The number of esters is 1. The molecule has 112 valence electrons. The van der Waals surface area contributed by atoms with Gasteiger partial charge in [0, 0.05) is 5.75 Å². The van der Waals surface area contributed by atoms with E-state index in [1.807, 2.05) is 0 Å². The topological polar surface area (TPSA) is 52.3 Å². The van der Waals surface area contributed by atoms with E-state index in [0.29, 0.717) is 12.2 Å². The van der Waals surface area contributed by atoms with E-state index < -0.39 is 23.8 Å². The number of carbonyl (C=O) groups is 1. The Morgan fingerprint density at radius 3 is 2.65 bits per heavy atom. The minimum Gasteiger partial charge on any atom is -0.468 e. The van der Waals surface area contributed by atoms with E-state index in [2.05, 4.69) is 4.74 Å². The van der Waals surface area contributed by atoms with Gasteiger partial charge >= 0.3 is 12.1 Å². The van der Waals surface area contributed by atoms with E-state index in [1.165, 1.54) is 31.0 Å². The zero-order valence-corrected chi connectivity index (χ0v) is 11.8. The van der Waals surface area contributed by atoms with E-state index in [9.17, 15) is 18.0 Å². The maximum atomic E-state index is 12.7. The molecule has 0 amide bonds. The van der Waals surface area contributed by atoms with Crippen LogP contribution in [-0.2, 0) is 21.5 Å². The van der Waals surface area contributed by atoms with Crippen LogP contribution in [0, 0.1) is 0 Å². The molecule has 1 aromatic rings. The summed E-state index contributed by atoms with van der Waals surface area (Å²) in [6, 6.07) is 4.73. The Bertz CT molecular complexity index is 451. The molecule has 0 spiro atoms. The van der Waals surface area contributed by atoms with E-state index in [-0.39, 0.29) is 11.3 Å². The van der Waals surface area contributed by atoms with Crippen molar-refractivity contribution in [3.8, 4) is 0 Å². The third kappa shape index (κ3) is 5.05. The number of thioether (sulfide) groups is 1. The summed E-state index contributed by atoms with van der Waals surface area (Å²) in [5, 5.41) is 0. The lowest BCUT2D eigenvalue weighted by Gasteiger charge is -2.13. The van der Waals surface area contributed by atoms with Gasteiger partial charge in [-0.1, -0.05) is 18.2 Å². The number of alkyl halides is 3. The molecule has 0 aromatic heterocycles. The summed E-state index contributed by atoms with van der Waals surface area (Å²) in [4.78, 5) is 11.1. The van der Waals surface area contributed by atoms with Gasteiger partial charge in [0.2, 0.25) is 0 Å². The van der Waals surface area contributed by atoms with Gasteiger partial charge in [-0.15, -0.1) is 0 Å². The largest absolute Gasteiger partial charge is 0.468 e. The Kier molecular flexibility index (Phi) is 6.35. The van der Waals surface area contributed by atoms with Gasteiger partial charge in [0.15, 0.2) is 0 Å². The van der Waals surface area contributed by atoms with Crippen molar-refractivity contribution in [3.05, 3.63) is 35.4 Å². The van der Waals surface area contributed by atoms with Gasteiger partial charge in [0.25, 0.3) is 0 Å². The number of hydrogen-bond acceptors (Lipinski definition) is 4. The Labute approximate surface area is 119 Å². The molecule has 1 rings (SSSR count). The van der Waals surface area contributed by atoms with Crippen LogP contribution in [0.5, 0.6) is 0 Å². The van der Waals surface area contributed by atoms with Crippen molar-refractivity contribution in [2.24, 2.45) is 5.73 Å². The van der Waals surface area contributed by atoms with Crippen LogP contribution < -0.4 is 5.73 Å². The fourth-order valence-electron chi connectivity index (χ4n) is 1.58. The molecular formula is C13H16F3NO2S. The number of benzene rings is 1. The van der Waals surface area contributed by atoms with Gasteiger partial charge < -0.3 is 10.5 Å². The van der Waals surface area contributed by atoms with Crippen molar-refractivity contribution < 1.29 is 22.7 Å². The average molecular weight is 307 g/mol. The van der Waals surface area contributed by atoms with Crippen molar-refractivity contribution in [1.82, 2.24) is 0 Å². The van der Waals surface area contributed by atoms with Crippen LogP contribution in [0.3, 0.4) is 0 Å². The van der Waals surface area contributed by atoms with Crippen LogP contribution in [0.4, 0.5) is 13.2 Å². The summed E-state index contributed by atoms with van der Waals surface area (Å²) in [6.07, 6.45) is -3.98. The Morgan fingerprint density at radius 1 is 1.40 bits per heavy atom. The number of hydrogen-bond donors (Lipinski definition) is 1. The highest BCUT2D eigenvalue weighted by Gasteiger charge is 2.32. The van der Waals surface area contributed by atoms with Crippen LogP contribution in [0.1, 0.15) is 17.5 Å². The Balaban J connectivity index is 2.49. The summed E-state index contributed by atoms with van der Waals surface area (Å²) in [6.45, 7) is 0. The number of rotatable bonds is 6. The molecule has 0 bridgehead atoms. The first-order chi connectivity index (χ1) is 9.36. The predicted octanol–water partition coefficient (Wildman–Crippen LogP) is 2.83. The molecule has 1 unspecified atom stereocenters. The van der Waals surface area contributed by atoms with Gasteiger partial charge in [0.05, 0.1) is 12.7 Å². The maximum absolute atomic E-state index is 12.7. The van der Waals surface area contributed by atoms with E-state index in [4.69, 9.17) is 5.73 Å². The molecule has 0 saturated carbocycles. The Hall–Kier alpha value is -1.21. The summed E-state index contributed by atoms with van der Waals surface area (Å²) < 4.78 is 42.7. The molecular weight excluding hydrogens is 291 g/mol. The molecule has 0 saturated heterocycles. The molecule has 0 aliphatic rings. The number of halogens is 3. The Morgan fingerprint density at radius 2 is 2.05 bits per heavy atom. The molecule has 0 aliphatic heterocycles. The molecule has 1 aromatic carbocycles. The van der Waals surface area contributed by atoms with Crippen molar-refractivity contribution in [3.63, 3.8) is 0 Å². The third-order valence-electron chi connectivity index (χ3n) is 2.66. The first kappa shape index (κ1) is 16.8. The van der Waals surface area contributed by atoms with Gasteiger partial charge in [-0.2, -0.15) is 24.9 Å². The molecule has 7 heteroatoms. The van der Waals surface area contributed by atoms with Crippen LogP contribution in [0.2, 0.25) is 0 Å². The van der Waals surface area contributed by atoms with Gasteiger partial charge in [-0.05, 0) is 23.8 Å². The first-order valence-corrected chi connectivity index (χ1v) is 7.08. The molecule has 0 aliphatic carbocycles. The third-order valence-corrected chi connectivity index (χ3v) is 3.70. The molecule has 0 heterocycles. The van der Waals surface area contributed by atoms with Crippen LogP contribution in [0.15, 0.2) is 24.3 Å². The normalized spacial score (nSPS) is 13.1. The quantitative estimate of drug-likeness (QED) is 0.648. The van der Waals surface area contributed by atoms with E-state index in [0.717, 1.165) is 6.07 Å². The standard InChI is InChI=1S/C13H16F3NO2S/c1-19-12(18)11(17)6-7-20-8-9-4-2-3-5-10(9)13(14,15)16/h2-5,11H,6-8,17H2,1H3. The molecule has 1 atom stereocenters. The van der Waals surface area contributed by atoms with E-state index >= 15 is 0 Å². The molecule has 2 N–H and O–H groups in total. The van der Waals surface area contributed by atoms with Crippen LogP contribution >= 0.6 is 11.8 Å². The summed E-state index contributed by atoms with van der Waals surface area (Å²) >= 11 is 1.31. The smallest absolute Gasteiger partial charge is 0.416 e. The zero-order valence-electron chi connectivity index (χ0n) is 10.9. The zero-order chi connectivity index (χ0) is 15.2. The maximum Gasteiger partial charge on any atom is 0.416 e. The van der Waals surface area contributed by atoms with Crippen LogP contribution in [-0.4, -0.2) is 24.9 Å². The fourth-order valence-corrected chi connectivity index (χ4v) is 2.62. The highest BCUT2D eigenvalue weighted by molar-refractivity contribution is 7.98. The molecule has 0 fully saturated rings. The van der Waals surface area contributed by atoms with Gasteiger partial charge in [-0.3, -0.25) is 4.79 Å². The van der Waals surface area contributed by atoms with Crippen LogP contribution in [0.25, 0.3) is 0 Å². The lowest BCUT2D eigenvalue weighted by atomic mass is 10.1. The lowest BCUT2D eigenvalue weighted by Crippen LogP contribution is -2.31.